The minimum atomic E-state index is 0.0567. The van der Waals surface area contributed by atoms with Crippen molar-refractivity contribution in [1.82, 2.24) is 14.7 Å². The molecule has 18 heavy (non-hydrogen) atoms. The summed E-state index contributed by atoms with van der Waals surface area (Å²) < 4.78 is 1.91. The zero-order valence-electron chi connectivity index (χ0n) is 12.2. The van der Waals surface area contributed by atoms with E-state index in [1.165, 1.54) is 0 Å². The summed E-state index contributed by atoms with van der Waals surface area (Å²) in [7, 11) is 0. The van der Waals surface area contributed by atoms with Crippen LogP contribution >= 0.6 is 0 Å². The molecule has 0 saturated carbocycles. The van der Waals surface area contributed by atoms with Gasteiger partial charge in [-0.1, -0.05) is 13.8 Å². The fourth-order valence-corrected chi connectivity index (χ4v) is 2.13. The van der Waals surface area contributed by atoms with Gasteiger partial charge in [0.25, 0.3) is 5.91 Å². The van der Waals surface area contributed by atoms with Crippen LogP contribution in [0, 0.1) is 6.92 Å². The molecule has 0 aromatic carbocycles. The summed E-state index contributed by atoms with van der Waals surface area (Å²) in [4.78, 5) is 14.3. The Morgan fingerprint density at radius 3 is 2.28 bits per heavy atom. The summed E-state index contributed by atoms with van der Waals surface area (Å²) in [5, 5.41) is 4.42. The van der Waals surface area contributed by atoms with Crippen molar-refractivity contribution in [3.8, 4) is 0 Å². The Balaban J connectivity index is 2.91. The van der Waals surface area contributed by atoms with Crippen molar-refractivity contribution < 1.29 is 4.79 Å². The molecule has 4 nitrogen and oxygen atoms in total. The smallest absolute Gasteiger partial charge is 0.274 e. The molecule has 0 atom stereocenters. The molecule has 1 aromatic rings. The van der Waals surface area contributed by atoms with Crippen molar-refractivity contribution in [2.45, 2.75) is 53.5 Å². The number of aryl methyl sites for hydroxylation is 1. The van der Waals surface area contributed by atoms with Crippen LogP contribution in [0.4, 0.5) is 0 Å². The SMILES string of the molecule is CCCN(CCC)C(=O)c1cc(C)n(C(C)C)n1. The van der Waals surface area contributed by atoms with Crippen LogP contribution in [0.1, 0.15) is 62.8 Å². The fourth-order valence-electron chi connectivity index (χ4n) is 2.13. The average molecular weight is 251 g/mol. The first kappa shape index (κ1) is 14.7. The highest BCUT2D eigenvalue weighted by molar-refractivity contribution is 5.92. The van der Waals surface area contributed by atoms with E-state index in [1.807, 2.05) is 22.6 Å². The van der Waals surface area contributed by atoms with Gasteiger partial charge in [0.2, 0.25) is 0 Å². The summed E-state index contributed by atoms with van der Waals surface area (Å²) in [5.74, 6) is 0.0567. The summed E-state index contributed by atoms with van der Waals surface area (Å²) in [6, 6.07) is 2.18. The number of carbonyl (C=O) groups excluding carboxylic acids is 1. The van der Waals surface area contributed by atoms with E-state index in [2.05, 4.69) is 32.8 Å². The Hall–Kier alpha value is -1.32. The van der Waals surface area contributed by atoms with Crippen LogP contribution in [-0.4, -0.2) is 33.7 Å². The second-order valence-electron chi connectivity index (χ2n) is 5.00. The minimum Gasteiger partial charge on any atom is -0.337 e. The van der Waals surface area contributed by atoms with Gasteiger partial charge in [-0.15, -0.1) is 0 Å². The molecule has 0 bridgehead atoms. The van der Waals surface area contributed by atoms with Crippen LogP contribution in [-0.2, 0) is 0 Å². The molecule has 1 heterocycles. The normalized spacial score (nSPS) is 11.0. The van der Waals surface area contributed by atoms with Gasteiger partial charge in [-0.2, -0.15) is 5.10 Å². The van der Waals surface area contributed by atoms with Crippen LogP contribution in [0.15, 0.2) is 6.07 Å². The van der Waals surface area contributed by atoms with Gasteiger partial charge in [0.05, 0.1) is 0 Å². The van der Waals surface area contributed by atoms with E-state index < -0.39 is 0 Å². The number of amides is 1. The van der Waals surface area contributed by atoms with Crippen LogP contribution in [0.3, 0.4) is 0 Å². The van der Waals surface area contributed by atoms with Gasteiger partial charge in [0, 0.05) is 24.8 Å². The molecule has 102 valence electrons. The fraction of sp³-hybridized carbons (Fsp3) is 0.714. The third kappa shape index (κ3) is 3.34. The van der Waals surface area contributed by atoms with Crippen LogP contribution in [0.25, 0.3) is 0 Å². The summed E-state index contributed by atoms with van der Waals surface area (Å²) in [6.45, 7) is 11.9. The predicted molar refractivity (Wildman–Crippen MR) is 73.8 cm³/mol. The topological polar surface area (TPSA) is 38.1 Å². The van der Waals surface area contributed by atoms with Crippen molar-refractivity contribution in [2.24, 2.45) is 0 Å². The molecular formula is C14H25N3O. The van der Waals surface area contributed by atoms with Gasteiger partial charge in [0.1, 0.15) is 0 Å². The van der Waals surface area contributed by atoms with Gasteiger partial charge in [0.15, 0.2) is 5.69 Å². The second kappa shape index (κ2) is 6.57. The van der Waals surface area contributed by atoms with E-state index in [4.69, 9.17) is 0 Å². The molecule has 0 N–H and O–H groups in total. The molecule has 0 aliphatic carbocycles. The number of nitrogens with zero attached hydrogens (tertiary/aromatic N) is 3. The van der Waals surface area contributed by atoms with Gasteiger partial charge in [-0.05, 0) is 39.7 Å². The molecule has 0 fully saturated rings. The molecule has 0 spiro atoms. The zero-order valence-corrected chi connectivity index (χ0v) is 12.2. The van der Waals surface area contributed by atoms with E-state index in [0.717, 1.165) is 31.6 Å². The Morgan fingerprint density at radius 1 is 1.33 bits per heavy atom. The van der Waals surface area contributed by atoms with Crippen LogP contribution < -0.4 is 0 Å². The third-order valence-corrected chi connectivity index (χ3v) is 2.90. The molecule has 0 aliphatic heterocycles. The average Bonchev–Trinajstić information content (AvgIpc) is 2.70. The zero-order chi connectivity index (χ0) is 13.7. The lowest BCUT2D eigenvalue weighted by Gasteiger charge is -2.20. The Labute approximate surface area is 110 Å². The summed E-state index contributed by atoms with van der Waals surface area (Å²) in [6.07, 6.45) is 1.96. The Kier molecular flexibility index (Phi) is 5.38. The van der Waals surface area contributed by atoms with Crippen LogP contribution in [0.5, 0.6) is 0 Å². The van der Waals surface area contributed by atoms with E-state index in [0.29, 0.717) is 5.69 Å². The number of hydrogen-bond donors (Lipinski definition) is 0. The first-order valence-corrected chi connectivity index (χ1v) is 6.86. The number of carbonyl (C=O) groups is 1. The first-order chi connectivity index (χ1) is 8.51. The molecule has 1 aromatic heterocycles. The lowest BCUT2D eigenvalue weighted by molar-refractivity contribution is 0.0748. The molecule has 0 unspecified atom stereocenters. The minimum absolute atomic E-state index is 0.0567. The molecule has 0 aliphatic rings. The highest BCUT2D eigenvalue weighted by Gasteiger charge is 2.18. The van der Waals surface area contributed by atoms with Crippen molar-refractivity contribution in [1.29, 1.82) is 0 Å². The van der Waals surface area contributed by atoms with Crippen molar-refractivity contribution in [3.05, 3.63) is 17.5 Å². The maximum atomic E-state index is 12.4. The predicted octanol–water partition coefficient (Wildman–Crippen LogP) is 3.03. The monoisotopic (exact) mass is 251 g/mol. The van der Waals surface area contributed by atoms with Crippen molar-refractivity contribution in [2.75, 3.05) is 13.1 Å². The molecule has 0 radical (unpaired) electrons. The molecule has 1 amide bonds. The van der Waals surface area contributed by atoms with E-state index in [1.54, 1.807) is 0 Å². The maximum absolute atomic E-state index is 12.4. The second-order valence-corrected chi connectivity index (χ2v) is 5.00. The molecule has 4 heteroatoms. The molecule has 0 saturated heterocycles. The quantitative estimate of drug-likeness (QED) is 0.779. The summed E-state index contributed by atoms with van der Waals surface area (Å²) >= 11 is 0. The van der Waals surface area contributed by atoms with Gasteiger partial charge in [-0.3, -0.25) is 9.48 Å². The highest BCUT2D eigenvalue weighted by atomic mass is 16.2. The molecule has 1 rings (SSSR count). The first-order valence-electron chi connectivity index (χ1n) is 6.86. The molecular weight excluding hydrogens is 226 g/mol. The van der Waals surface area contributed by atoms with Gasteiger partial charge in [-0.25, -0.2) is 0 Å². The van der Waals surface area contributed by atoms with Gasteiger partial charge >= 0.3 is 0 Å². The van der Waals surface area contributed by atoms with Crippen molar-refractivity contribution in [3.63, 3.8) is 0 Å². The lowest BCUT2D eigenvalue weighted by Crippen LogP contribution is -2.32. The van der Waals surface area contributed by atoms with Gasteiger partial charge < -0.3 is 4.90 Å². The number of hydrogen-bond acceptors (Lipinski definition) is 2. The van der Waals surface area contributed by atoms with E-state index >= 15 is 0 Å². The standard InChI is InChI=1S/C14H25N3O/c1-6-8-16(9-7-2)14(18)13-10-12(5)17(15-13)11(3)4/h10-11H,6-9H2,1-5H3. The van der Waals surface area contributed by atoms with Crippen molar-refractivity contribution >= 4 is 5.91 Å². The Bertz CT molecular complexity index is 390. The van der Waals surface area contributed by atoms with E-state index in [9.17, 15) is 4.79 Å². The van der Waals surface area contributed by atoms with E-state index in [-0.39, 0.29) is 11.9 Å². The maximum Gasteiger partial charge on any atom is 0.274 e. The third-order valence-electron chi connectivity index (χ3n) is 2.90. The highest BCUT2D eigenvalue weighted by Crippen LogP contribution is 2.12. The summed E-state index contributed by atoms with van der Waals surface area (Å²) in [5.41, 5.74) is 1.62. The number of rotatable bonds is 6. The largest absolute Gasteiger partial charge is 0.337 e. The number of aromatic nitrogens is 2. The lowest BCUT2D eigenvalue weighted by atomic mass is 10.3. The Morgan fingerprint density at radius 2 is 1.89 bits per heavy atom. The van der Waals surface area contributed by atoms with Crippen LogP contribution in [0.2, 0.25) is 0 Å².